The van der Waals surface area contributed by atoms with Gasteiger partial charge in [0.25, 0.3) is 0 Å². The topological polar surface area (TPSA) is 87.4 Å². The highest BCUT2D eigenvalue weighted by molar-refractivity contribution is 7.54. The molecule has 9 nitrogen and oxygen atoms in total. The SMILES string of the molecule is COc1cc(CC2CC3(CCP(=O)(OC)O3)CN3C2=NOC3(C)c2ccc(F)cc2)ccc1-n1cnc(C)c1. The minimum atomic E-state index is -3.19. The van der Waals surface area contributed by atoms with E-state index >= 15 is 0 Å². The lowest BCUT2D eigenvalue weighted by molar-refractivity contribution is -0.116. The Hall–Kier alpha value is -3.20. The number of imidazole rings is 1. The lowest BCUT2D eigenvalue weighted by Crippen LogP contribution is -2.58. The van der Waals surface area contributed by atoms with Crippen molar-refractivity contribution in [3.05, 3.63) is 77.6 Å². The van der Waals surface area contributed by atoms with Gasteiger partial charge in [-0.15, -0.1) is 0 Å². The second kappa shape index (κ2) is 9.47. The summed E-state index contributed by atoms with van der Waals surface area (Å²) in [6.45, 7) is 4.30. The molecule has 0 N–H and O–H groups in total. The predicted molar refractivity (Wildman–Crippen MR) is 144 cm³/mol. The van der Waals surface area contributed by atoms with Crippen molar-refractivity contribution >= 4 is 13.4 Å². The maximum absolute atomic E-state index is 13.7. The summed E-state index contributed by atoms with van der Waals surface area (Å²) in [5.74, 6) is 1.12. The minimum Gasteiger partial charge on any atom is -0.495 e. The molecule has 4 heterocycles. The number of aryl methyl sites for hydroxylation is 1. The average Bonchev–Trinajstić information content (AvgIpc) is 3.61. The van der Waals surface area contributed by atoms with Crippen molar-refractivity contribution in [3.63, 3.8) is 0 Å². The molecular weight excluding hydrogens is 522 g/mol. The first kappa shape index (κ1) is 26.0. The van der Waals surface area contributed by atoms with E-state index < -0.39 is 18.9 Å². The van der Waals surface area contributed by atoms with Crippen LogP contribution in [0, 0.1) is 18.7 Å². The van der Waals surface area contributed by atoms with Gasteiger partial charge in [-0.3, -0.25) is 9.09 Å². The van der Waals surface area contributed by atoms with E-state index in [0.29, 0.717) is 32.0 Å². The Kier molecular flexibility index (Phi) is 6.32. The number of halogens is 1. The Balaban J connectivity index is 1.35. The fourth-order valence-electron chi connectivity index (χ4n) is 6.01. The fourth-order valence-corrected chi connectivity index (χ4v) is 7.85. The second-order valence-corrected chi connectivity index (χ2v) is 12.9. The molecule has 0 aliphatic carbocycles. The molecule has 6 rings (SSSR count). The van der Waals surface area contributed by atoms with Crippen molar-refractivity contribution in [2.75, 3.05) is 26.9 Å². The van der Waals surface area contributed by atoms with Gasteiger partial charge in [0.05, 0.1) is 43.1 Å². The van der Waals surface area contributed by atoms with Gasteiger partial charge in [-0.1, -0.05) is 23.4 Å². The number of aromatic nitrogens is 2. The van der Waals surface area contributed by atoms with Gasteiger partial charge >= 0.3 is 7.60 Å². The third kappa shape index (κ3) is 4.54. The highest BCUT2D eigenvalue weighted by Crippen LogP contribution is 2.62. The zero-order valence-electron chi connectivity index (χ0n) is 22.5. The molecule has 11 heteroatoms. The molecule has 4 atom stereocenters. The number of hydrogen-bond donors (Lipinski definition) is 0. The van der Waals surface area contributed by atoms with E-state index in [1.807, 2.05) is 36.7 Å². The Morgan fingerprint density at radius 2 is 2.00 bits per heavy atom. The zero-order valence-corrected chi connectivity index (χ0v) is 23.4. The first-order valence-corrected chi connectivity index (χ1v) is 14.7. The Morgan fingerprint density at radius 1 is 1.21 bits per heavy atom. The molecule has 2 saturated heterocycles. The molecule has 1 aromatic heterocycles. The Labute approximate surface area is 227 Å². The Bertz CT molecular complexity index is 1480. The number of piperidine rings is 1. The van der Waals surface area contributed by atoms with Crippen LogP contribution in [0.4, 0.5) is 4.39 Å². The summed E-state index contributed by atoms with van der Waals surface area (Å²) in [5, 5.41) is 4.56. The summed E-state index contributed by atoms with van der Waals surface area (Å²) >= 11 is 0. The Morgan fingerprint density at radius 3 is 2.67 bits per heavy atom. The number of fused-ring (bicyclic) bond motifs is 1. The van der Waals surface area contributed by atoms with E-state index in [1.54, 1.807) is 25.6 Å². The van der Waals surface area contributed by atoms with Gasteiger partial charge in [-0.2, -0.15) is 0 Å². The van der Waals surface area contributed by atoms with Crippen LogP contribution in [0.5, 0.6) is 5.75 Å². The molecule has 3 aliphatic heterocycles. The normalized spacial score (nSPS) is 29.8. The maximum Gasteiger partial charge on any atom is 0.331 e. The monoisotopic (exact) mass is 554 g/mol. The fraction of sp³-hybridized carbons (Fsp3) is 0.429. The van der Waals surface area contributed by atoms with Gasteiger partial charge in [0.1, 0.15) is 11.6 Å². The number of rotatable bonds is 6. The first-order valence-electron chi connectivity index (χ1n) is 13.0. The molecule has 4 unspecified atom stereocenters. The molecular formula is C28H32FN4O5P. The minimum absolute atomic E-state index is 0.0875. The number of nitrogens with zero attached hydrogens (tertiary/aromatic N) is 4. The van der Waals surface area contributed by atoms with Crippen LogP contribution >= 0.6 is 7.60 Å². The third-order valence-electron chi connectivity index (χ3n) is 8.09. The van der Waals surface area contributed by atoms with Crippen molar-refractivity contribution in [3.8, 4) is 11.4 Å². The number of hydrogen-bond acceptors (Lipinski definition) is 8. The van der Waals surface area contributed by atoms with E-state index in [0.717, 1.165) is 34.1 Å². The summed E-state index contributed by atoms with van der Waals surface area (Å²) in [4.78, 5) is 12.5. The molecule has 0 bridgehead atoms. The average molecular weight is 555 g/mol. The lowest BCUT2D eigenvalue weighted by atomic mass is 9.78. The number of ether oxygens (including phenoxy) is 1. The molecule has 1 spiro atoms. The molecule has 2 fully saturated rings. The number of amidine groups is 1. The summed E-state index contributed by atoms with van der Waals surface area (Å²) in [5.41, 5.74) is 1.99. The summed E-state index contributed by atoms with van der Waals surface area (Å²) in [6.07, 6.45) is 5.93. The zero-order chi connectivity index (χ0) is 27.4. The van der Waals surface area contributed by atoms with Gasteiger partial charge in [0.15, 0.2) is 5.84 Å². The van der Waals surface area contributed by atoms with Crippen molar-refractivity contribution in [1.82, 2.24) is 14.5 Å². The smallest absolute Gasteiger partial charge is 0.331 e. The predicted octanol–water partition coefficient (Wildman–Crippen LogP) is 5.41. The molecule has 39 heavy (non-hydrogen) atoms. The van der Waals surface area contributed by atoms with Gasteiger partial charge in [-0.25, -0.2) is 9.37 Å². The second-order valence-electron chi connectivity index (χ2n) is 10.7. The molecule has 2 aromatic carbocycles. The largest absolute Gasteiger partial charge is 0.495 e. The van der Waals surface area contributed by atoms with E-state index in [4.69, 9.17) is 18.6 Å². The molecule has 0 saturated carbocycles. The van der Waals surface area contributed by atoms with Crippen molar-refractivity contribution < 1.29 is 27.6 Å². The van der Waals surface area contributed by atoms with Crippen molar-refractivity contribution in [1.29, 1.82) is 0 Å². The first-order chi connectivity index (χ1) is 18.7. The van der Waals surface area contributed by atoms with Gasteiger partial charge in [0.2, 0.25) is 5.72 Å². The van der Waals surface area contributed by atoms with E-state index in [-0.39, 0.29) is 11.7 Å². The van der Waals surface area contributed by atoms with Gasteiger partial charge in [-0.05, 0) is 56.0 Å². The van der Waals surface area contributed by atoms with Crippen LogP contribution in [0.25, 0.3) is 5.69 Å². The van der Waals surface area contributed by atoms with Crippen LogP contribution in [0.1, 0.15) is 36.6 Å². The van der Waals surface area contributed by atoms with Crippen LogP contribution in [-0.4, -0.2) is 52.8 Å². The van der Waals surface area contributed by atoms with Crippen LogP contribution in [-0.2, 0) is 30.6 Å². The highest BCUT2D eigenvalue weighted by Gasteiger charge is 2.58. The third-order valence-corrected chi connectivity index (χ3v) is 10.1. The summed E-state index contributed by atoms with van der Waals surface area (Å²) in [6, 6.07) is 12.4. The van der Waals surface area contributed by atoms with Crippen LogP contribution in [0.15, 0.2) is 60.1 Å². The summed E-state index contributed by atoms with van der Waals surface area (Å²) in [7, 11) is -0.0985. The van der Waals surface area contributed by atoms with Crippen LogP contribution < -0.4 is 4.74 Å². The lowest BCUT2D eigenvalue weighted by Gasteiger charge is -2.47. The molecule has 206 valence electrons. The molecule has 0 radical (unpaired) electrons. The highest BCUT2D eigenvalue weighted by atomic mass is 31.2. The van der Waals surface area contributed by atoms with Gasteiger partial charge in [0, 0.05) is 31.7 Å². The number of benzene rings is 2. The van der Waals surface area contributed by atoms with Gasteiger partial charge < -0.3 is 23.6 Å². The van der Waals surface area contributed by atoms with Crippen molar-refractivity contribution in [2.24, 2.45) is 11.1 Å². The molecule has 3 aromatic rings. The molecule has 3 aliphatic rings. The van der Waals surface area contributed by atoms with Crippen molar-refractivity contribution in [2.45, 2.75) is 44.4 Å². The summed E-state index contributed by atoms with van der Waals surface area (Å²) < 4.78 is 46.1. The van der Waals surface area contributed by atoms with E-state index in [1.165, 1.54) is 19.2 Å². The van der Waals surface area contributed by atoms with E-state index in [9.17, 15) is 8.96 Å². The number of methoxy groups -OCH3 is 1. The molecule has 0 amide bonds. The van der Waals surface area contributed by atoms with Crippen LogP contribution in [0.3, 0.4) is 0 Å². The van der Waals surface area contributed by atoms with Crippen LogP contribution in [0.2, 0.25) is 0 Å². The maximum atomic E-state index is 13.7. The quantitative estimate of drug-likeness (QED) is 0.377. The number of oxime groups is 1. The van der Waals surface area contributed by atoms with E-state index in [2.05, 4.69) is 21.1 Å². The standard InChI is InChI=1S/C28H32FN4O5P/c1-19-16-32(18-30-19)24-10-5-20(14-25(24)35-3)13-21-15-28(11-12-39(34,36-4)38-28)17-33-26(21)31-37-27(33,2)22-6-8-23(29)9-7-22/h5-10,14,16,18,21H,11-13,15,17H2,1-4H3.